The molecule has 4 nitrogen and oxygen atoms in total. The van der Waals surface area contributed by atoms with Gasteiger partial charge in [0.05, 0.1) is 19.2 Å². The number of hydrogen-bond donors (Lipinski definition) is 1. The van der Waals surface area contributed by atoms with E-state index in [2.05, 4.69) is 15.3 Å². The van der Waals surface area contributed by atoms with E-state index in [1.54, 1.807) is 30.3 Å². The number of esters is 1. The Hall–Kier alpha value is -2.05. The molecular formula is C12H13F3N2O2. The highest BCUT2D eigenvalue weighted by atomic mass is 19.4. The largest absolute Gasteiger partial charge is 0.469 e. The molecule has 0 aliphatic carbocycles. The summed E-state index contributed by atoms with van der Waals surface area (Å²) in [6, 6.07) is 8.23. The molecule has 1 aromatic rings. The van der Waals surface area contributed by atoms with E-state index in [1.165, 1.54) is 0 Å². The molecule has 0 heterocycles. The maximum Gasteiger partial charge on any atom is 0.431 e. The van der Waals surface area contributed by atoms with Gasteiger partial charge in [-0.15, -0.1) is 0 Å². The summed E-state index contributed by atoms with van der Waals surface area (Å²) in [5, 5.41) is 3.31. The molecular weight excluding hydrogens is 261 g/mol. The van der Waals surface area contributed by atoms with Crippen LogP contribution in [-0.4, -0.2) is 25.0 Å². The number of alkyl halides is 3. The van der Waals surface area contributed by atoms with Crippen molar-refractivity contribution in [3.8, 4) is 0 Å². The number of hydrazone groups is 1. The zero-order valence-corrected chi connectivity index (χ0v) is 10.2. The number of para-hydroxylation sites is 1. The van der Waals surface area contributed by atoms with Crippen molar-refractivity contribution in [1.29, 1.82) is 0 Å². The second-order valence-corrected chi connectivity index (χ2v) is 3.61. The molecule has 0 spiro atoms. The van der Waals surface area contributed by atoms with Gasteiger partial charge in [-0.3, -0.25) is 10.2 Å². The van der Waals surface area contributed by atoms with Crippen LogP contribution in [0.5, 0.6) is 0 Å². The van der Waals surface area contributed by atoms with E-state index < -0.39 is 24.3 Å². The number of nitrogens with one attached hydrogen (secondary N) is 1. The molecule has 0 bridgehead atoms. The number of hydrogen-bond acceptors (Lipinski definition) is 4. The first-order chi connectivity index (χ1) is 8.93. The SMILES string of the molecule is COC(=O)CC/C(=N/Nc1ccccc1)C(F)(F)F. The first-order valence-electron chi connectivity index (χ1n) is 5.45. The van der Waals surface area contributed by atoms with E-state index in [0.29, 0.717) is 5.69 Å². The van der Waals surface area contributed by atoms with Crippen molar-refractivity contribution in [3.63, 3.8) is 0 Å². The van der Waals surface area contributed by atoms with Crippen LogP contribution in [0.2, 0.25) is 0 Å². The van der Waals surface area contributed by atoms with E-state index in [0.717, 1.165) is 7.11 Å². The minimum absolute atomic E-state index is 0.370. The number of benzene rings is 1. The molecule has 7 heteroatoms. The number of carbonyl (C=O) groups excluding carboxylic acids is 1. The summed E-state index contributed by atoms with van der Waals surface area (Å²) >= 11 is 0. The van der Waals surface area contributed by atoms with Gasteiger partial charge in [0.1, 0.15) is 5.71 Å². The maximum atomic E-state index is 12.7. The highest BCUT2D eigenvalue weighted by Gasteiger charge is 2.35. The molecule has 0 aliphatic rings. The number of halogens is 3. The molecule has 0 saturated heterocycles. The summed E-state index contributed by atoms with van der Waals surface area (Å²) < 4.78 is 42.3. The van der Waals surface area contributed by atoms with Gasteiger partial charge in [0.15, 0.2) is 0 Å². The molecule has 0 saturated carbocycles. The highest BCUT2D eigenvalue weighted by Crippen LogP contribution is 2.21. The Bertz CT molecular complexity index is 444. The van der Waals surface area contributed by atoms with E-state index >= 15 is 0 Å². The van der Waals surface area contributed by atoms with Gasteiger partial charge in [-0.25, -0.2) is 0 Å². The molecule has 1 rings (SSSR count). The van der Waals surface area contributed by atoms with Crippen LogP contribution in [0.1, 0.15) is 12.8 Å². The number of rotatable bonds is 5. The summed E-state index contributed by atoms with van der Waals surface area (Å²) in [6.07, 6.45) is -5.49. The lowest BCUT2D eigenvalue weighted by molar-refractivity contribution is -0.140. The average Bonchev–Trinajstić information content (AvgIpc) is 2.38. The normalized spacial score (nSPS) is 12.1. The van der Waals surface area contributed by atoms with Crippen molar-refractivity contribution in [2.75, 3.05) is 12.5 Å². The lowest BCUT2D eigenvalue weighted by atomic mass is 10.2. The second-order valence-electron chi connectivity index (χ2n) is 3.61. The molecule has 0 aromatic heterocycles. The molecule has 0 atom stereocenters. The quantitative estimate of drug-likeness (QED) is 0.510. The van der Waals surface area contributed by atoms with E-state index in [-0.39, 0.29) is 6.42 Å². The van der Waals surface area contributed by atoms with Gasteiger partial charge >= 0.3 is 12.1 Å². The zero-order valence-electron chi connectivity index (χ0n) is 10.2. The van der Waals surface area contributed by atoms with Crippen LogP contribution >= 0.6 is 0 Å². The number of ether oxygens (including phenoxy) is 1. The molecule has 1 aromatic carbocycles. The summed E-state index contributed by atoms with van der Waals surface area (Å²) in [7, 11) is 1.12. The Morgan fingerprint density at radius 2 is 1.89 bits per heavy atom. The van der Waals surface area contributed by atoms with E-state index in [9.17, 15) is 18.0 Å². The van der Waals surface area contributed by atoms with Crippen LogP contribution in [0.25, 0.3) is 0 Å². The fourth-order valence-corrected chi connectivity index (χ4v) is 1.23. The Kier molecular flexibility index (Phi) is 5.35. The molecule has 0 radical (unpaired) electrons. The average molecular weight is 274 g/mol. The smallest absolute Gasteiger partial charge is 0.431 e. The second kappa shape index (κ2) is 6.77. The zero-order chi connectivity index (χ0) is 14.3. The molecule has 0 aliphatic heterocycles. The predicted octanol–water partition coefficient (Wildman–Crippen LogP) is 2.97. The Morgan fingerprint density at radius 3 is 2.42 bits per heavy atom. The lowest BCUT2D eigenvalue weighted by Gasteiger charge is -2.10. The van der Waals surface area contributed by atoms with Gasteiger partial charge in [-0.05, 0) is 12.1 Å². The summed E-state index contributed by atoms with van der Waals surface area (Å²) in [6.45, 7) is 0. The molecule has 19 heavy (non-hydrogen) atoms. The number of anilines is 1. The fraction of sp³-hybridized carbons (Fsp3) is 0.333. The van der Waals surface area contributed by atoms with Gasteiger partial charge in [0, 0.05) is 6.42 Å². The van der Waals surface area contributed by atoms with Crippen LogP contribution in [-0.2, 0) is 9.53 Å². The van der Waals surface area contributed by atoms with Gasteiger partial charge in [0.2, 0.25) is 0 Å². The molecule has 0 unspecified atom stereocenters. The third kappa shape index (κ3) is 5.41. The highest BCUT2D eigenvalue weighted by molar-refractivity contribution is 5.92. The van der Waals surface area contributed by atoms with E-state index in [1.807, 2.05) is 0 Å². The minimum Gasteiger partial charge on any atom is -0.469 e. The molecule has 104 valence electrons. The van der Waals surface area contributed by atoms with Crippen LogP contribution in [0.3, 0.4) is 0 Å². The third-order valence-electron chi connectivity index (χ3n) is 2.21. The Balaban J connectivity index is 2.71. The van der Waals surface area contributed by atoms with Gasteiger partial charge in [-0.1, -0.05) is 18.2 Å². The van der Waals surface area contributed by atoms with Crippen molar-refractivity contribution in [3.05, 3.63) is 30.3 Å². The van der Waals surface area contributed by atoms with Crippen molar-refractivity contribution in [1.82, 2.24) is 0 Å². The summed E-state index contributed by atoms with van der Waals surface area (Å²) in [5.74, 6) is -0.711. The van der Waals surface area contributed by atoms with Gasteiger partial charge in [-0.2, -0.15) is 18.3 Å². The molecule has 0 fully saturated rings. The topological polar surface area (TPSA) is 50.7 Å². The van der Waals surface area contributed by atoms with Crippen molar-refractivity contribution >= 4 is 17.4 Å². The van der Waals surface area contributed by atoms with Crippen LogP contribution in [0.4, 0.5) is 18.9 Å². The minimum atomic E-state index is -4.59. The summed E-state index contributed by atoms with van der Waals surface area (Å²) in [5.41, 5.74) is 1.69. The lowest BCUT2D eigenvalue weighted by Crippen LogP contribution is -2.25. The first-order valence-corrected chi connectivity index (χ1v) is 5.45. The Labute approximate surface area is 108 Å². The molecule has 0 amide bonds. The maximum absolute atomic E-state index is 12.7. The van der Waals surface area contributed by atoms with E-state index in [4.69, 9.17) is 0 Å². The van der Waals surface area contributed by atoms with Crippen molar-refractivity contribution in [2.45, 2.75) is 19.0 Å². The number of nitrogens with zero attached hydrogens (tertiary/aromatic N) is 1. The van der Waals surface area contributed by atoms with Crippen molar-refractivity contribution in [2.24, 2.45) is 5.10 Å². The number of methoxy groups -OCH3 is 1. The fourth-order valence-electron chi connectivity index (χ4n) is 1.23. The van der Waals surface area contributed by atoms with Crippen molar-refractivity contribution < 1.29 is 22.7 Å². The molecule has 1 N–H and O–H groups in total. The van der Waals surface area contributed by atoms with Gasteiger partial charge in [0.25, 0.3) is 0 Å². The first kappa shape index (κ1) is 15.0. The Morgan fingerprint density at radius 1 is 1.26 bits per heavy atom. The van der Waals surface area contributed by atoms with Crippen LogP contribution in [0, 0.1) is 0 Å². The number of carbonyl (C=O) groups is 1. The standard InChI is InChI=1S/C12H13F3N2O2/c1-19-11(18)8-7-10(12(13,14)15)17-16-9-5-3-2-4-6-9/h2-6,16H,7-8H2,1H3/b17-10-. The van der Waals surface area contributed by atoms with Crippen LogP contribution < -0.4 is 5.43 Å². The van der Waals surface area contributed by atoms with Gasteiger partial charge < -0.3 is 4.74 Å². The monoisotopic (exact) mass is 274 g/mol. The van der Waals surface area contributed by atoms with Crippen LogP contribution in [0.15, 0.2) is 35.4 Å². The summed E-state index contributed by atoms with van der Waals surface area (Å²) in [4.78, 5) is 10.9. The predicted molar refractivity (Wildman–Crippen MR) is 64.8 cm³/mol. The third-order valence-corrected chi connectivity index (χ3v) is 2.21.